The monoisotopic (exact) mass is 363 g/mol. The molecule has 7 nitrogen and oxygen atoms in total. The number of oxazole rings is 1. The van der Waals surface area contributed by atoms with Crippen molar-refractivity contribution in [2.24, 2.45) is 0 Å². The summed E-state index contributed by atoms with van der Waals surface area (Å²) in [7, 11) is 0. The highest BCUT2D eigenvalue weighted by atomic mass is 16.4. The maximum Gasteiger partial charge on any atom is 0.298 e. The fourth-order valence-corrected chi connectivity index (χ4v) is 3.18. The Hall–Kier alpha value is -3.22. The number of Topliss-reactive ketones (excluding diaryl/α,β-unsaturated/α-hetero) is 1. The average Bonchev–Trinajstić information content (AvgIpc) is 3.14. The molecule has 3 heterocycles. The molecule has 0 amide bonds. The van der Waals surface area contributed by atoms with Crippen molar-refractivity contribution in [3.8, 4) is 11.3 Å². The minimum atomic E-state index is -0.197. The smallest absolute Gasteiger partial charge is 0.298 e. The normalized spacial score (nSPS) is 17.2. The molecule has 0 aliphatic carbocycles. The summed E-state index contributed by atoms with van der Waals surface area (Å²) >= 11 is 0. The lowest BCUT2D eigenvalue weighted by molar-refractivity contribution is -0.121. The molecule has 1 aliphatic heterocycles. The van der Waals surface area contributed by atoms with Gasteiger partial charge in [0.15, 0.2) is 11.5 Å². The minimum absolute atomic E-state index is 0.197. The number of nitrogens with zero attached hydrogens (tertiary/aromatic N) is 4. The molecule has 3 aromatic rings. The van der Waals surface area contributed by atoms with E-state index >= 15 is 0 Å². The number of aromatic nitrogens is 3. The first-order chi connectivity index (χ1) is 13.1. The van der Waals surface area contributed by atoms with E-state index in [4.69, 9.17) is 4.42 Å². The first kappa shape index (κ1) is 17.2. The second kappa shape index (κ2) is 7.19. The van der Waals surface area contributed by atoms with E-state index in [0.29, 0.717) is 24.1 Å². The van der Waals surface area contributed by atoms with Gasteiger partial charge in [-0.2, -0.15) is 0 Å². The summed E-state index contributed by atoms with van der Waals surface area (Å²) in [5, 5.41) is 3.20. The highest BCUT2D eigenvalue weighted by Crippen LogP contribution is 2.29. The fourth-order valence-electron chi connectivity index (χ4n) is 3.18. The van der Waals surface area contributed by atoms with Crippen molar-refractivity contribution in [2.75, 3.05) is 16.8 Å². The van der Waals surface area contributed by atoms with Crippen molar-refractivity contribution in [1.82, 2.24) is 15.0 Å². The number of benzene rings is 1. The first-order valence-electron chi connectivity index (χ1n) is 9.02. The number of hydrogen-bond donors (Lipinski definition) is 1. The van der Waals surface area contributed by atoms with E-state index in [1.54, 1.807) is 12.4 Å². The molecule has 4 rings (SSSR count). The molecule has 2 aromatic heterocycles. The quantitative estimate of drug-likeness (QED) is 0.756. The highest BCUT2D eigenvalue weighted by molar-refractivity contribution is 5.87. The predicted molar refractivity (Wildman–Crippen MR) is 103 cm³/mol. The second-order valence-electron chi connectivity index (χ2n) is 6.67. The van der Waals surface area contributed by atoms with Gasteiger partial charge in [-0.25, -0.2) is 15.0 Å². The van der Waals surface area contributed by atoms with E-state index in [0.717, 1.165) is 29.9 Å². The van der Waals surface area contributed by atoms with Crippen LogP contribution in [0.4, 0.5) is 17.7 Å². The summed E-state index contributed by atoms with van der Waals surface area (Å²) in [4.78, 5) is 26.9. The van der Waals surface area contributed by atoms with Crippen molar-refractivity contribution in [3.05, 3.63) is 48.4 Å². The lowest BCUT2D eigenvalue weighted by Gasteiger charge is -2.30. The topological polar surface area (TPSA) is 84.2 Å². The fraction of sp³-hybridized carbons (Fsp3) is 0.300. The van der Waals surface area contributed by atoms with Gasteiger partial charge in [0.1, 0.15) is 0 Å². The molecule has 1 saturated heterocycles. The Balaban J connectivity index is 1.56. The third kappa shape index (κ3) is 3.67. The summed E-state index contributed by atoms with van der Waals surface area (Å²) in [5.74, 6) is 1.43. The summed E-state index contributed by atoms with van der Waals surface area (Å²) < 4.78 is 5.96. The van der Waals surface area contributed by atoms with Gasteiger partial charge >= 0.3 is 0 Å². The van der Waals surface area contributed by atoms with Crippen LogP contribution in [-0.2, 0) is 4.79 Å². The molecule has 0 unspecified atom stereocenters. The van der Waals surface area contributed by atoms with Crippen LogP contribution in [0.15, 0.2) is 47.1 Å². The van der Waals surface area contributed by atoms with E-state index in [1.165, 1.54) is 0 Å². The van der Waals surface area contributed by atoms with Gasteiger partial charge in [-0.15, -0.1) is 0 Å². The molecular weight excluding hydrogens is 342 g/mol. The van der Waals surface area contributed by atoms with Gasteiger partial charge in [0.2, 0.25) is 5.95 Å². The molecule has 1 N–H and O–H groups in total. The molecule has 0 radical (unpaired) electrons. The third-order valence-electron chi connectivity index (χ3n) is 4.69. The maximum absolute atomic E-state index is 12.0. The van der Waals surface area contributed by atoms with Crippen molar-refractivity contribution in [3.63, 3.8) is 0 Å². The van der Waals surface area contributed by atoms with Gasteiger partial charge in [-0.1, -0.05) is 12.1 Å². The summed E-state index contributed by atoms with van der Waals surface area (Å²) in [6.07, 6.45) is 4.87. The van der Waals surface area contributed by atoms with E-state index in [-0.39, 0.29) is 11.8 Å². The van der Waals surface area contributed by atoms with Crippen molar-refractivity contribution in [1.29, 1.82) is 0 Å². The van der Waals surface area contributed by atoms with Crippen LogP contribution < -0.4 is 10.2 Å². The number of carbonyl (C=O) groups excluding carboxylic acids is 1. The Morgan fingerprint density at radius 2 is 2.15 bits per heavy atom. The van der Waals surface area contributed by atoms with Gasteiger partial charge in [0.25, 0.3) is 6.01 Å². The van der Waals surface area contributed by atoms with Crippen LogP contribution in [0.25, 0.3) is 11.3 Å². The Bertz CT molecular complexity index is 968. The Morgan fingerprint density at radius 1 is 1.26 bits per heavy atom. The molecule has 138 valence electrons. The third-order valence-corrected chi connectivity index (χ3v) is 4.69. The SMILES string of the molecule is Cc1ccnc(Nc2cccc(-c3cnc(N4CCCC(=O)[C@@H]4C)o3)c2)n1. The van der Waals surface area contributed by atoms with E-state index < -0.39 is 0 Å². The number of hydrogen-bond acceptors (Lipinski definition) is 7. The molecule has 0 saturated carbocycles. The van der Waals surface area contributed by atoms with Gasteiger partial charge in [-0.05, 0) is 38.5 Å². The molecule has 0 spiro atoms. The van der Waals surface area contributed by atoms with E-state index in [2.05, 4.69) is 20.3 Å². The van der Waals surface area contributed by atoms with Crippen LogP contribution in [0.2, 0.25) is 0 Å². The lowest BCUT2D eigenvalue weighted by atomic mass is 10.0. The number of aryl methyl sites for hydroxylation is 1. The molecule has 1 aromatic carbocycles. The van der Waals surface area contributed by atoms with Crippen LogP contribution in [0.1, 0.15) is 25.5 Å². The molecule has 7 heteroatoms. The first-order valence-corrected chi connectivity index (χ1v) is 9.02. The number of anilines is 3. The van der Waals surface area contributed by atoms with E-state index in [9.17, 15) is 4.79 Å². The number of ketones is 1. The highest BCUT2D eigenvalue weighted by Gasteiger charge is 2.28. The van der Waals surface area contributed by atoms with Gasteiger partial charge in [0.05, 0.1) is 12.2 Å². The zero-order valence-corrected chi connectivity index (χ0v) is 15.3. The second-order valence-corrected chi connectivity index (χ2v) is 6.67. The lowest BCUT2D eigenvalue weighted by Crippen LogP contribution is -2.44. The largest absolute Gasteiger partial charge is 0.423 e. The van der Waals surface area contributed by atoms with Gasteiger partial charge in [-0.3, -0.25) is 4.79 Å². The summed E-state index contributed by atoms with van der Waals surface area (Å²) in [6.45, 7) is 4.60. The summed E-state index contributed by atoms with van der Waals surface area (Å²) in [6, 6.07) is 9.94. The van der Waals surface area contributed by atoms with Crippen LogP contribution in [-0.4, -0.2) is 33.3 Å². The van der Waals surface area contributed by atoms with Crippen LogP contribution in [0, 0.1) is 6.92 Å². The minimum Gasteiger partial charge on any atom is -0.423 e. The molecule has 1 aliphatic rings. The number of nitrogens with one attached hydrogen (secondary N) is 1. The number of piperidine rings is 1. The van der Waals surface area contributed by atoms with Crippen molar-refractivity contribution in [2.45, 2.75) is 32.7 Å². The number of rotatable bonds is 4. The molecule has 1 atom stereocenters. The van der Waals surface area contributed by atoms with Crippen LogP contribution in [0.5, 0.6) is 0 Å². The number of carbonyl (C=O) groups is 1. The predicted octanol–water partition coefficient (Wildman–Crippen LogP) is 3.74. The molecule has 1 fully saturated rings. The van der Waals surface area contributed by atoms with Crippen molar-refractivity contribution >= 4 is 23.4 Å². The maximum atomic E-state index is 12.0. The Morgan fingerprint density at radius 3 is 3.00 bits per heavy atom. The molecule has 27 heavy (non-hydrogen) atoms. The van der Waals surface area contributed by atoms with Crippen molar-refractivity contribution < 1.29 is 9.21 Å². The standard InChI is InChI=1S/C20H21N5O2/c1-13-8-9-21-19(23-13)24-16-6-3-5-15(11-16)18-12-22-20(27-18)25-10-4-7-17(26)14(25)2/h3,5-6,8-9,11-12,14H,4,7,10H2,1-2H3,(H,21,23,24)/t14-/m0/s1. The zero-order chi connectivity index (χ0) is 18.8. The van der Waals surface area contributed by atoms with Gasteiger partial charge < -0.3 is 14.6 Å². The van der Waals surface area contributed by atoms with E-state index in [1.807, 2.05) is 49.1 Å². The van der Waals surface area contributed by atoms with Crippen LogP contribution >= 0.6 is 0 Å². The Labute approximate surface area is 157 Å². The summed E-state index contributed by atoms with van der Waals surface area (Å²) in [5.41, 5.74) is 2.65. The zero-order valence-electron chi connectivity index (χ0n) is 15.3. The van der Waals surface area contributed by atoms with Crippen LogP contribution in [0.3, 0.4) is 0 Å². The van der Waals surface area contributed by atoms with Gasteiger partial charge in [0, 0.05) is 36.1 Å². The molecular formula is C20H21N5O2. The Kier molecular flexibility index (Phi) is 4.58. The average molecular weight is 363 g/mol. The molecule has 0 bridgehead atoms.